The zero-order chi connectivity index (χ0) is 14.8. The third kappa shape index (κ3) is 4.05. The predicted molar refractivity (Wildman–Crippen MR) is 81.3 cm³/mol. The Morgan fingerprint density at radius 1 is 1.11 bits per heavy atom. The molecule has 0 aromatic heterocycles. The first-order chi connectivity index (χ1) is 8.56. The van der Waals surface area contributed by atoms with Gasteiger partial charge in [-0.05, 0) is 47.2 Å². The minimum atomic E-state index is -3.15. The van der Waals surface area contributed by atoms with Gasteiger partial charge in [0.2, 0.25) is 0 Å². The molecule has 0 spiro atoms. The third-order valence-electron chi connectivity index (χ3n) is 3.31. The average Bonchev–Trinajstić information content (AvgIpc) is 2.22. The van der Waals surface area contributed by atoms with Gasteiger partial charge in [-0.15, -0.1) is 0 Å². The van der Waals surface area contributed by atoms with E-state index in [2.05, 4.69) is 11.4 Å². The summed E-state index contributed by atoms with van der Waals surface area (Å²) in [6.45, 7) is 9.30. The molecule has 0 heterocycles. The Kier molecular flexibility index (Phi) is 4.80. The lowest BCUT2D eigenvalue weighted by molar-refractivity contribution is 0.542. The topological polar surface area (TPSA) is 46.2 Å². The fourth-order valence-electron chi connectivity index (χ4n) is 2.03. The molecule has 4 heteroatoms. The highest BCUT2D eigenvalue weighted by Crippen LogP contribution is 2.24. The summed E-state index contributed by atoms with van der Waals surface area (Å²) in [4.78, 5) is 0. The minimum Gasteiger partial charge on any atom is -0.312 e. The van der Waals surface area contributed by atoms with E-state index in [9.17, 15) is 8.42 Å². The lowest BCUT2D eigenvalue weighted by Gasteiger charge is -2.24. The highest BCUT2D eigenvalue weighted by atomic mass is 32.2. The molecule has 0 aliphatic heterocycles. The maximum atomic E-state index is 12.3. The molecule has 1 N–H and O–H groups in total. The molecule has 0 fully saturated rings. The van der Waals surface area contributed by atoms with Crippen molar-refractivity contribution in [3.8, 4) is 0 Å². The number of benzene rings is 1. The minimum absolute atomic E-state index is 0.121. The van der Waals surface area contributed by atoms with E-state index in [0.29, 0.717) is 0 Å². The Labute approximate surface area is 117 Å². The number of hydrogen-bond donors (Lipinski definition) is 1. The standard InChI is InChI=1S/C15H25NO2S/c1-11-7-12(2)9-13(8-11)14(16-6)10-19(17,18)15(3,4)5/h7-9,14,16H,10H2,1-6H3. The van der Waals surface area contributed by atoms with E-state index in [0.717, 1.165) is 16.7 Å². The molecule has 0 saturated carbocycles. The normalized spacial score (nSPS) is 14.4. The van der Waals surface area contributed by atoms with E-state index in [1.165, 1.54) is 0 Å². The van der Waals surface area contributed by atoms with Crippen LogP contribution in [0.25, 0.3) is 0 Å². The smallest absolute Gasteiger partial charge is 0.157 e. The van der Waals surface area contributed by atoms with Crippen molar-refractivity contribution in [2.45, 2.75) is 45.4 Å². The summed E-state index contributed by atoms with van der Waals surface area (Å²) >= 11 is 0. The molecule has 0 amide bonds. The van der Waals surface area contributed by atoms with Crippen LogP contribution in [-0.2, 0) is 9.84 Å². The number of aryl methyl sites for hydroxylation is 2. The Balaban J connectivity index is 3.09. The van der Waals surface area contributed by atoms with Gasteiger partial charge in [0.1, 0.15) is 0 Å². The predicted octanol–water partition coefficient (Wildman–Crippen LogP) is 2.78. The lowest BCUT2D eigenvalue weighted by atomic mass is 10.0. The first-order valence-corrected chi connectivity index (χ1v) is 8.20. The van der Waals surface area contributed by atoms with Crippen molar-refractivity contribution in [3.63, 3.8) is 0 Å². The van der Waals surface area contributed by atoms with Crippen LogP contribution >= 0.6 is 0 Å². The molecule has 1 aromatic carbocycles. The van der Waals surface area contributed by atoms with Gasteiger partial charge in [0.15, 0.2) is 9.84 Å². The van der Waals surface area contributed by atoms with Crippen LogP contribution in [0.4, 0.5) is 0 Å². The van der Waals surface area contributed by atoms with E-state index >= 15 is 0 Å². The van der Waals surface area contributed by atoms with Crippen LogP contribution in [0.15, 0.2) is 18.2 Å². The Morgan fingerprint density at radius 2 is 1.58 bits per heavy atom. The maximum absolute atomic E-state index is 12.3. The molecule has 0 aliphatic rings. The Morgan fingerprint density at radius 3 is 1.95 bits per heavy atom. The second-order valence-corrected chi connectivity index (χ2v) is 8.94. The summed E-state index contributed by atoms with van der Waals surface area (Å²) in [5.41, 5.74) is 3.35. The molecule has 0 saturated heterocycles. The summed E-state index contributed by atoms with van der Waals surface area (Å²) in [5.74, 6) is 0.121. The molecule has 1 rings (SSSR count). The van der Waals surface area contributed by atoms with Crippen LogP contribution in [0.5, 0.6) is 0 Å². The van der Waals surface area contributed by atoms with E-state index < -0.39 is 14.6 Å². The molecule has 1 atom stereocenters. The van der Waals surface area contributed by atoms with E-state index in [1.54, 1.807) is 27.8 Å². The van der Waals surface area contributed by atoms with E-state index in [-0.39, 0.29) is 11.8 Å². The van der Waals surface area contributed by atoms with Gasteiger partial charge in [-0.3, -0.25) is 0 Å². The van der Waals surface area contributed by atoms with E-state index in [4.69, 9.17) is 0 Å². The Hall–Kier alpha value is -0.870. The van der Waals surface area contributed by atoms with Crippen molar-refractivity contribution in [1.29, 1.82) is 0 Å². The summed E-state index contributed by atoms with van der Waals surface area (Å²) in [6, 6.07) is 6.02. The first-order valence-electron chi connectivity index (χ1n) is 6.54. The molecule has 0 bridgehead atoms. The molecule has 19 heavy (non-hydrogen) atoms. The zero-order valence-corrected chi connectivity index (χ0v) is 13.6. The molecule has 3 nitrogen and oxygen atoms in total. The second kappa shape index (κ2) is 5.63. The van der Waals surface area contributed by atoms with Gasteiger partial charge in [0, 0.05) is 6.04 Å². The van der Waals surface area contributed by atoms with E-state index in [1.807, 2.05) is 26.0 Å². The maximum Gasteiger partial charge on any atom is 0.157 e. The zero-order valence-electron chi connectivity index (χ0n) is 12.7. The second-order valence-electron chi connectivity index (χ2n) is 6.16. The highest BCUT2D eigenvalue weighted by molar-refractivity contribution is 7.92. The number of sulfone groups is 1. The van der Waals surface area contributed by atoms with Crippen molar-refractivity contribution in [2.75, 3.05) is 12.8 Å². The van der Waals surface area contributed by atoms with Gasteiger partial charge in [0.05, 0.1) is 10.5 Å². The fraction of sp³-hybridized carbons (Fsp3) is 0.600. The van der Waals surface area contributed by atoms with Crippen LogP contribution in [0.2, 0.25) is 0 Å². The van der Waals surface area contributed by atoms with Crippen LogP contribution in [-0.4, -0.2) is 26.0 Å². The molecule has 0 radical (unpaired) electrons. The van der Waals surface area contributed by atoms with Crippen LogP contribution < -0.4 is 5.32 Å². The van der Waals surface area contributed by atoms with Crippen molar-refractivity contribution in [3.05, 3.63) is 34.9 Å². The summed E-state index contributed by atoms with van der Waals surface area (Å²) in [6.07, 6.45) is 0. The molecule has 1 unspecified atom stereocenters. The van der Waals surface area contributed by atoms with Gasteiger partial charge in [-0.1, -0.05) is 29.3 Å². The van der Waals surface area contributed by atoms with Crippen LogP contribution in [0.1, 0.15) is 43.5 Å². The molecule has 0 aliphatic carbocycles. The molecule has 108 valence electrons. The molecule has 1 aromatic rings. The molecular weight excluding hydrogens is 258 g/mol. The SMILES string of the molecule is CNC(CS(=O)(=O)C(C)(C)C)c1cc(C)cc(C)c1. The quantitative estimate of drug-likeness (QED) is 0.924. The van der Waals surface area contributed by atoms with Gasteiger partial charge >= 0.3 is 0 Å². The number of nitrogens with one attached hydrogen (secondary N) is 1. The summed E-state index contributed by atoms with van der Waals surface area (Å²) < 4.78 is 23.9. The Bertz CT molecular complexity index is 522. The van der Waals surface area contributed by atoms with Crippen LogP contribution in [0.3, 0.4) is 0 Å². The van der Waals surface area contributed by atoms with Gasteiger partial charge in [-0.2, -0.15) is 0 Å². The van der Waals surface area contributed by atoms with Crippen molar-refractivity contribution >= 4 is 9.84 Å². The van der Waals surface area contributed by atoms with Crippen molar-refractivity contribution < 1.29 is 8.42 Å². The summed E-state index contributed by atoms with van der Waals surface area (Å²) in [5, 5.41) is 3.12. The summed E-state index contributed by atoms with van der Waals surface area (Å²) in [7, 11) is -1.34. The van der Waals surface area contributed by atoms with Crippen molar-refractivity contribution in [1.82, 2.24) is 5.32 Å². The first kappa shape index (κ1) is 16.2. The van der Waals surface area contributed by atoms with Gasteiger partial charge in [0.25, 0.3) is 0 Å². The van der Waals surface area contributed by atoms with Crippen molar-refractivity contribution in [2.24, 2.45) is 0 Å². The lowest BCUT2D eigenvalue weighted by Crippen LogP contribution is -2.36. The van der Waals surface area contributed by atoms with Gasteiger partial charge < -0.3 is 5.32 Å². The van der Waals surface area contributed by atoms with Gasteiger partial charge in [-0.25, -0.2) is 8.42 Å². The monoisotopic (exact) mass is 283 g/mol. The number of rotatable bonds is 4. The molecular formula is C15H25NO2S. The average molecular weight is 283 g/mol. The number of hydrogen-bond acceptors (Lipinski definition) is 3. The fourth-order valence-corrected chi connectivity index (χ4v) is 3.32. The largest absolute Gasteiger partial charge is 0.312 e. The van der Waals surface area contributed by atoms with Crippen LogP contribution in [0, 0.1) is 13.8 Å². The third-order valence-corrected chi connectivity index (χ3v) is 5.95. The highest BCUT2D eigenvalue weighted by Gasteiger charge is 2.31.